The third-order valence-corrected chi connectivity index (χ3v) is 3.68. The quantitative estimate of drug-likeness (QED) is 0.608. The van der Waals surface area contributed by atoms with Crippen LogP contribution in [0.1, 0.15) is 40.5 Å². The van der Waals surface area contributed by atoms with Gasteiger partial charge in [0.2, 0.25) is 0 Å². The molecular formula is C14H26O4S2. The number of esters is 2. The molecule has 6 heteroatoms. The molecule has 20 heavy (non-hydrogen) atoms. The molecule has 0 N–H and O–H groups in total. The second-order valence-corrected chi connectivity index (χ2v) is 7.57. The molecule has 0 aliphatic carbocycles. The van der Waals surface area contributed by atoms with Crippen molar-refractivity contribution >= 4 is 35.5 Å². The molecule has 0 atom stereocenters. The lowest BCUT2D eigenvalue weighted by atomic mass is 9.94. The Kier molecular flexibility index (Phi) is 8.66. The molecule has 0 radical (unpaired) electrons. The molecule has 0 saturated heterocycles. The summed E-state index contributed by atoms with van der Waals surface area (Å²) in [6.45, 7) is 7.52. The summed E-state index contributed by atoms with van der Waals surface area (Å²) in [5.74, 6) is 0.296. The van der Waals surface area contributed by atoms with E-state index in [0.29, 0.717) is 24.3 Å². The first-order valence-electron chi connectivity index (χ1n) is 6.53. The maximum absolute atomic E-state index is 11.5. The zero-order valence-electron chi connectivity index (χ0n) is 13.3. The van der Waals surface area contributed by atoms with Gasteiger partial charge in [-0.05, 0) is 53.0 Å². The highest BCUT2D eigenvalue weighted by Gasteiger charge is 2.29. The van der Waals surface area contributed by atoms with Crippen molar-refractivity contribution in [1.82, 2.24) is 0 Å². The van der Waals surface area contributed by atoms with E-state index in [1.165, 1.54) is 23.5 Å². The fourth-order valence-electron chi connectivity index (χ4n) is 1.62. The summed E-state index contributed by atoms with van der Waals surface area (Å²) in [5, 5.41) is 0. The van der Waals surface area contributed by atoms with Crippen LogP contribution in [0.4, 0.5) is 0 Å². The Bertz CT molecular complexity index is 295. The van der Waals surface area contributed by atoms with Gasteiger partial charge in [-0.15, -0.1) is 0 Å². The summed E-state index contributed by atoms with van der Waals surface area (Å²) >= 11 is 2.88. The van der Waals surface area contributed by atoms with Gasteiger partial charge in [-0.1, -0.05) is 0 Å². The number of ether oxygens (including phenoxy) is 2. The number of carbonyl (C=O) groups is 2. The van der Waals surface area contributed by atoms with Gasteiger partial charge in [-0.2, -0.15) is 23.5 Å². The first kappa shape index (κ1) is 19.6. The number of rotatable bonds is 9. The van der Waals surface area contributed by atoms with Crippen molar-refractivity contribution in [3.05, 3.63) is 0 Å². The van der Waals surface area contributed by atoms with Gasteiger partial charge in [-0.3, -0.25) is 9.59 Å². The average Bonchev–Trinajstić information content (AvgIpc) is 2.26. The minimum Gasteiger partial charge on any atom is -0.459 e. The number of thioether (sulfide) groups is 2. The van der Waals surface area contributed by atoms with Crippen LogP contribution in [0, 0.1) is 0 Å². The number of hydrogen-bond donors (Lipinski definition) is 0. The molecule has 0 heterocycles. The van der Waals surface area contributed by atoms with Crippen LogP contribution in [0.25, 0.3) is 0 Å². The standard InChI is InChI=1S/C14H26O4S2/c1-13(2,17-11(15)9-19-5)7-8-14(3,4)18-12(16)10-20-6/h7-10H2,1-6H3. The Hall–Kier alpha value is -0.360. The topological polar surface area (TPSA) is 52.6 Å². The van der Waals surface area contributed by atoms with Crippen LogP contribution in [0.5, 0.6) is 0 Å². The summed E-state index contributed by atoms with van der Waals surface area (Å²) in [6.07, 6.45) is 5.02. The Morgan fingerprint density at radius 1 is 0.800 bits per heavy atom. The highest BCUT2D eigenvalue weighted by atomic mass is 32.2. The molecular weight excluding hydrogens is 296 g/mol. The highest BCUT2D eigenvalue weighted by Crippen LogP contribution is 2.25. The molecule has 0 fully saturated rings. The van der Waals surface area contributed by atoms with Gasteiger partial charge in [0.1, 0.15) is 11.2 Å². The van der Waals surface area contributed by atoms with Crippen molar-refractivity contribution in [2.24, 2.45) is 0 Å². The lowest BCUT2D eigenvalue weighted by Crippen LogP contribution is -2.35. The van der Waals surface area contributed by atoms with E-state index in [4.69, 9.17) is 9.47 Å². The monoisotopic (exact) mass is 322 g/mol. The Labute approximate surface area is 130 Å². The SMILES string of the molecule is CSCC(=O)OC(C)(C)CCC(C)(C)OC(=O)CSC. The second kappa shape index (κ2) is 8.82. The molecule has 0 rings (SSSR count). The van der Waals surface area contributed by atoms with E-state index in [1.807, 2.05) is 40.2 Å². The van der Waals surface area contributed by atoms with E-state index < -0.39 is 11.2 Å². The normalized spacial score (nSPS) is 12.1. The lowest BCUT2D eigenvalue weighted by molar-refractivity contribution is -0.160. The minimum atomic E-state index is -0.546. The van der Waals surface area contributed by atoms with E-state index in [2.05, 4.69) is 0 Å². The van der Waals surface area contributed by atoms with Crippen molar-refractivity contribution < 1.29 is 19.1 Å². The molecule has 0 aromatic heterocycles. The average molecular weight is 322 g/mol. The summed E-state index contributed by atoms with van der Waals surface area (Å²) < 4.78 is 10.8. The van der Waals surface area contributed by atoms with Crippen LogP contribution in [-0.2, 0) is 19.1 Å². The van der Waals surface area contributed by atoms with Crippen LogP contribution in [0.15, 0.2) is 0 Å². The summed E-state index contributed by atoms with van der Waals surface area (Å²) in [6, 6.07) is 0. The molecule has 0 amide bonds. The fourth-order valence-corrected chi connectivity index (χ4v) is 2.20. The fraction of sp³-hybridized carbons (Fsp3) is 0.857. The predicted molar refractivity (Wildman–Crippen MR) is 86.3 cm³/mol. The largest absolute Gasteiger partial charge is 0.459 e. The Balaban J connectivity index is 4.28. The highest BCUT2D eigenvalue weighted by molar-refractivity contribution is 7.99. The maximum atomic E-state index is 11.5. The van der Waals surface area contributed by atoms with Crippen molar-refractivity contribution in [2.75, 3.05) is 24.0 Å². The van der Waals surface area contributed by atoms with Gasteiger partial charge in [-0.25, -0.2) is 0 Å². The van der Waals surface area contributed by atoms with Crippen molar-refractivity contribution in [3.63, 3.8) is 0 Å². The molecule has 0 aromatic carbocycles. The first-order chi connectivity index (χ1) is 9.12. The molecule has 0 aromatic rings. The zero-order chi connectivity index (χ0) is 15.8. The van der Waals surface area contributed by atoms with Crippen molar-refractivity contribution in [2.45, 2.75) is 51.7 Å². The molecule has 0 unspecified atom stereocenters. The number of hydrogen-bond acceptors (Lipinski definition) is 6. The lowest BCUT2D eigenvalue weighted by Gasteiger charge is -2.31. The molecule has 0 spiro atoms. The Morgan fingerprint density at radius 3 is 1.35 bits per heavy atom. The third-order valence-electron chi connectivity index (χ3n) is 2.63. The molecule has 0 aliphatic heterocycles. The molecule has 118 valence electrons. The van der Waals surface area contributed by atoms with E-state index >= 15 is 0 Å². The molecule has 4 nitrogen and oxygen atoms in total. The molecule has 0 bridgehead atoms. The smallest absolute Gasteiger partial charge is 0.316 e. The van der Waals surface area contributed by atoms with Gasteiger partial charge >= 0.3 is 11.9 Å². The molecule has 0 aliphatic rings. The summed E-state index contributed by atoms with van der Waals surface area (Å²) in [5.41, 5.74) is -1.09. The van der Waals surface area contributed by atoms with E-state index in [0.717, 1.165) is 0 Å². The van der Waals surface area contributed by atoms with E-state index in [9.17, 15) is 9.59 Å². The van der Waals surface area contributed by atoms with Crippen LogP contribution in [-0.4, -0.2) is 47.2 Å². The van der Waals surface area contributed by atoms with E-state index in [-0.39, 0.29) is 11.9 Å². The van der Waals surface area contributed by atoms with Gasteiger partial charge in [0, 0.05) is 0 Å². The van der Waals surface area contributed by atoms with Crippen LogP contribution < -0.4 is 0 Å². The number of carbonyl (C=O) groups excluding carboxylic acids is 2. The molecule has 0 saturated carbocycles. The van der Waals surface area contributed by atoms with Crippen LogP contribution in [0.3, 0.4) is 0 Å². The van der Waals surface area contributed by atoms with Gasteiger partial charge in [0.05, 0.1) is 11.5 Å². The second-order valence-electron chi connectivity index (χ2n) is 5.83. The van der Waals surface area contributed by atoms with Gasteiger partial charge in [0.15, 0.2) is 0 Å². The van der Waals surface area contributed by atoms with Crippen molar-refractivity contribution in [3.8, 4) is 0 Å². The minimum absolute atomic E-state index is 0.209. The van der Waals surface area contributed by atoms with Crippen LogP contribution in [0.2, 0.25) is 0 Å². The third kappa shape index (κ3) is 9.53. The summed E-state index contributed by atoms with van der Waals surface area (Å²) in [4.78, 5) is 23.0. The van der Waals surface area contributed by atoms with Gasteiger partial charge in [0.25, 0.3) is 0 Å². The predicted octanol–water partition coefficient (Wildman–Crippen LogP) is 3.14. The van der Waals surface area contributed by atoms with Gasteiger partial charge < -0.3 is 9.47 Å². The first-order valence-corrected chi connectivity index (χ1v) is 9.32. The van der Waals surface area contributed by atoms with Crippen LogP contribution >= 0.6 is 23.5 Å². The van der Waals surface area contributed by atoms with Crippen molar-refractivity contribution in [1.29, 1.82) is 0 Å². The summed E-state index contributed by atoms with van der Waals surface area (Å²) in [7, 11) is 0. The zero-order valence-corrected chi connectivity index (χ0v) is 14.9. The van der Waals surface area contributed by atoms with E-state index in [1.54, 1.807) is 0 Å². The maximum Gasteiger partial charge on any atom is 0.316 e. The Morgan fingerprint density at radius 2 is 1.10 bits per heavy atom.